The van der Waals surface area contributed by atoms with Crippen LogP contribution >= 0.6 is 11.3 Å². The van der Waals surface area contributed by atoms with Gasteiger partial charge in [0, 0.05) is 5.56 Å². The first-order valence-electron chi connectivity index (χ1n) is 5.55. The number of halogens is 1. The average Bonchev–Trinajstić information content (AvgIpc) is 2.89. The molecule has 0 aliphatic carbocycles. The topological polar surface area (TPSA) is 81.4 Å². The second-order valence-corrected chi connectivity index (χ2v) is 4.76. The Bertz CT molecular complexity index is 669. The maximum atomic E-state index is 13.3. The summed E-state index contributed by atoms with van der Waals surface area (Å²) in [7, 11) is 1.25. The molecule has 1 amide bonds. The predicted octanol–water partition coefficient (Wildman–Crippen LogP) is 2.51. The number of hydrogen-bond acceptors (Lipinski definition) is 5. The lowest BCUT2D eigenvalue weighted by molar-refractivity contribution is 0.0607. The summed E-state index contributed by atoms with van der Waals surface area (Å²) in [4.78, 5) is 23.7. The normalized spacial score (nSPS) is 10.1. The fraction of sp³-hybridized carbons (Fsp3) is 0.0769. The molecule has 0 unspecified atom stereocenters. The van der Waals surface area contributed by atoms with Gasteiger partial charge in [-0.05, 0) is 29.6 Å². The van der Waals surface area contributed by atoms with Crippen molar-refractivity contribution in [3.8, 4) is 0 Å². The van der Waals surface area contributed by atoms with Gasteiger partial charge >= 0.3 is 5.97 Å². The highest BCUT2D eigenvalue weighted by Gasteiger charge is 2.16. The summed E-state index contributed by atoms with van der Waals surface area (Å²) in [5.74, 6) is -1.75. The van der Waals surface area contributed by atoms with Gasteiger partial charge < -0.3 is 15.8 Å². The van der Waals surface area contributed by atoms with Crippen LogP contribution in [0.1, 0.15) is 20.0 Å². The van der Waals surface area contributed by atoms with Crippen molar-refractivity contribution in [3.05, 3.63) is 45.9 Å². The van der Waals surface area contributed by atoms with E-state index in [-0.39, 0.29) is 16.1 Å². The molecule has 0 atom stereocenters. The molecule has 0 saturated carbocycles. The van der Waals surface area contributed by atoms with Crippen LogP contribution in [0.5, 0.6) is 0 Å². The lowest BCUT2D eigenvalue weighted by Gasteiger charge is -2.06. The Morgan fingerprint density at radius 3 is 2.75 bits per heavy atom. The second kappa shape index (κ2) is 5.70. The third kappa shape index (κ3) is 2.77. The Balaban J connectivity index is 2.22. The SMILES string of the molecule is COC(=O)c1sccc1NC(=O)c1ccc(N)c(F)c1. The number of carbonyl (C=O) groups is 2. The summed E-state index contributed by atoms with van der Waals surface area (Å²) in [5, 5.41) is 4.18. The van der Waals surface area contributed by atoms with Gasteiger partial charge in [0.15, 0.2) is 0 Å². The van der Waals surface area contributed by atoms with E-state index in [2.05, 4.69) is 10.1 Å². The molecule has 0 radical (unpaired) electrons. The van der Waals surface area contributed by atoms with E-state index in [1.807, 2.05) is 0 Å². The number of nitrogens with two attached hydrogens (primary N) is 1. The number of amides is 1. The Labute approximate surface area is 118 Å². The molecular formula is C13H11FN2O3S. The first kappa shape index (κ1) is 14.0. The molecule has 0 fully saturated rings. The molecule has 5 nitrogen and oxygen atoms in total. The predicted molar refractivity (Wildman–Crippen MR) is 74.4 cm³/mol. The molecule has 7 heteroatoms. The van der Waals surface area contributed by atoms with Gasteiger partial charge in [0.05, 0.1) is 18.5 Å². The highest BCUT2D eigenvalue weighted by molar-refractivity contribution is 7.12. The van der Waals surface area contributed by atoms with Crippen LogP contribution < -0.4 is 11.1 Å². The van der Waals surface area contributed by atoms with Gasteiger partial charge in [-0.1, -0.05) is 0 Å². The maximum absolute atomic E-state index is 13.3. The van der Waals surface area contributed by atoms with Gasteiger partial charge in [0.25, 0.3) is 5.91 Å². The van der Waals surface area contributed by atoms with Crippen LogP contribution in [0.3, 0.4) is 0 Å². The van der Waals surface area contributed by atoms with E-state index in [0.29, 0.717) is 5.69 Å². The Morgan fingerprint density at radius 2 is 2.10 bits per heavy atom. The quantitative estimate of drug-likeness (QED) is 0.673. The number of hydrogen-bond donors (Lipinski definition) is 2. The lowest BCUT2D eigenvalue weighted by Crippen LogP contribution is -2.14. The first-order chi connectivity index (χ1) is 9.52. The molecule has 20 heavy (non-hydrogen) atoms. The third-order valence-electron chi connectivity index (χ3n) is 2.55. The van der Waals surface area contributed by atoms with Crippen LogP contribution in [-0.4, -0.2) is 19.0 Å². The second-order valence-electron chi connectivity index (χ2n) is 3.85. The molecule has 0 spiro atoms. The Morgan fingerprint density at radius 1 is 1.35 bits per heavy atom. The van der Waals surface area contributed by atoms with Crippen LogP contribution in [0, 0.1) is 5.82 Å². The summed E-state index contributed by atoms with van der Waals surface area (Å²) < 4.78 is 17.9. The van der Waals surface area contributed by atoms with Crippen LogP contribution in [0.2, 0.25) is 0 Å². The minimum atomic E-state index is -0.670. The third-order valence-corrected chi connectivity index (χ3v) is 3.44. The lowest BCUT2D eigenvalue weighted by atomic mass is 10.2. The molecule has 0 saturated heterocycles. The summed E-state index contributed by atoms with van der Waals surface area (Å²) in [6.45, 7) is 0. The number of ether oxygens (including phenoxy) is 1. The molecule has 3 N–H and O–H groups in total. The number of methoxy groups -OCH3 is 1. The fourth-order valence-corrected chi connectivity index (χ4v) is 2.29. The summed E-state index contributed by atoms with van der Waals surface area (Å²) in [5.41, 5.74) is 5.74. The molecular weight excluding hydrogens is 283 g/mol. The molecule has 0 bridgehead atoms. The maximum Gasteiger partial charge on any atom is 0.350 e. The zero-order valence-electron chi connectivity index (χ0n) is 10.5. The number of anilines is 2. The van der Waals surface area contributed by atoms with Gasteiger partial charge in [-0.2, -0.15) is 0 Å². The smallest absolute Gasteiger partial charge is 0.350 e. The van der Waals surface area contributed by atoms with Gasteiger partial charge in [0.2, 0.25) is 0 Å². The molecule has 0 aliphatic rings. The van der Waals surface area contributed by atoms with Gasteiger partial charge in [-0.3, -0.25) is 4.79 Å². The summed E-state index contributed by atoms with van der Waals surface area (Å²) >= 11 is 1.14. The largest absolute Gasteiger partial charge is 0.465 e. The number of nitrogens with one attached hydrogen (secondary N) is 1. The van der Waals surface area contributed by atoms with E-state index in [9.17, 15) is 14.0 Å². The van der Waals surface area contributed by atoms with Crippen LogP contribution in [-0.2, 0) is 4.74 Å². The van der Waals surface area contributed by atoms with Crippen molar-refractivity contribution in [1.82, 2.24) is 0 Å². The zero-order valence-corrected chi connectivity index (χ0v) is 11.3. The minimum absolute atomic E-state index is 0.0349. The molecule has 2 rings (SSSR count). The summed E-state index contributed by atoms with van der Waals surface area (Å²) in [6, 6.07) is 5.31. The highest BCUT2D eigenvalue weighted by atomic mass is 32.1. The number of thiophene rings is 1. The van der Waals surface area contributed by atoms with Crippen LogP contribution in [0.15, 0.2) is 29.6 Å². The number of nitrogen functional groups attached to an aromatic ring is 1. The standard InChI is InChI=1S/C13H11FN2O3S/c1-19-13(18)11-10(4-5-20-11)16-12(17)7-2-3-9(15)8(14)6-7/h2-6H,15H2,1H3,(H,16,17). The summed E-state index contributed by atoms with van der Waals surface area (Å²) in [6.07, 6.45) is 0. The average molecular weight is 294 g/mol. The Kier molecular flexibility index (Phi) is 3.99. The Hall–Kier alpha value is -2.41. The van der Waals surface area contributed by atoms with Gasteiger partial charge in [-0.15, -0.1) is 11.3 Å². The van der Waals surface area contributed by atoms with Crippen molar-refractivity contribution in [2.24, 2.45) is 0 Å². The van der Waals surface area contributed by atoms with E-state index in [4.69, 9.17) is 5.73 Å². The highest BCUT2D eigenvalue weighted by Crippen LogP contribution is 2.24. The van der Waals surface area contributed by atoms with E-state index < -0.39 is 17.7 Å². The molecule has 2 aromatic rings. The molecule has 1 aromatic carbocycles. The van der Waals surface area contributed by atoms with Gasteiger partial charge in [-0.25, -0.2) is 9.18 Å². The first-order valence-corrected chi connectivity index (χ1v) is 6.43. The fourth-order valence-electron chi connectivity index (χ4n) is 1.52. The number of esters is 1. The van der Waals surface area contributed by atoms with Crippen LogP contribution in [0.4, 0.5) is 15.8 Å². The molecule has 0 aliphatic heterocycles. The van der Waals surface area contributed by atoms with Crippen molar-refractivity contribution in [2.75, 3.05) is 18.2 Å². The van der Waals surface area contributed by atoms with E-state index >= 15 is 0 Å². The number of benzene rings is 1. The van der Waals surface area contributed by atoms with Crippen molar-refractivity contribution < 1.29 is 18.7 Å². The number of rotatable bonds is 3. The van der Waals surface area contributed by atoms with Gasteiger partial charge in [0.1, 0.15) is 10.7 Å². The number of carbonyl (C=O) groups excluding carboxylic acids is 2. The van der Waals surface area contributed by atoms with Crippen molar-refractivity contribution in [2.45, 2.75) is 0 Å². The van der Waals surface area contributed by atoms with Crippen LogP contribution in [0.25, 0.3) is 0 Å². The zero-order chi connectivity index (χ0) is 14.7. The van der Waals surface area contributed by atoms with Crippen molar-refractivity contribution >= 4 is 34.6 Å². The minimum Gasteiger partial charge on any atom is -0.465 e. The molecule has 1 aromatic heterocycles. The van der Waals surface area contributed by atoms with Crippen molar-refractivity contribution in [1.29, 1.82) is 0 Å². The monoisotopic (exact) mass is 294 g/mol. The van der Waals surface area contributed by atoms with E-state index in [0.717, 1.165) is 17.4 Å². The van der Waals surface area contributed by atoms with E-state index in [1.165, 1.54) is 19.2 Å². The molecule has 104 valence electrons. The molecule has 1 heterocycles. The van der Waals surface area contributed by atoms with Crippen molar-refractivity contribution in [3.63, 3.8) is 0 Å². The van der Waals surface area contributed by atoms with E-state index in [1.54, 1.807) is 11.4 Å².